The van der Waals surface area contributed by atoms with Crippen LogP contribution in [0, 0.1) is 0 Å². The predicted octanol–water partition coefficient (Wildman–Crippen LogP) is 6.03. The number of amides is 2. The molecule has 0 aliphatic carbocycles. The van der Waals surface area contributed by atoms with Crippen molar-refractivity contribution in [3.8, 4) is 0 Å². The van der Waals surface area contributed by atoms with E-state index in [2.05, 4.69) is 30.0 Å². The minimum Gasteiger partial charge on any atom is -0.362 e. The zero-order valence-electron chi connectivity index (χ0n) is 19.1. The standard InChI is InChI=1S/C27H34N2O2S/c1-2-3-4-5-6-7-8-11-17-29-26(30)24(23-15-12-19-32-23)25(27(29)31)28-18-16-21-13-9-10-14-22(21)20-28/h9-10,12-15,19H,2-8,11,16-18,20H2,1H3. The summed E-state index contributed by atoms with van der Waals surface area (Å²) in [5.74, 6) is -0.227. The molecule has 3 heterocycles. The van der Waals surface area contributed by atoms with Gasteiger partial charge in [-0.1, -0.05) is 82.2 Å². The molecule has 0 saturated carbocycles. The molecule has 32 heavy (non-hydrogen) atoms. The molecule has 2 aliphatic heterocycles. The van der Waals surface area contributed by atoms with E-state index in [0.29, 0.717) is 24.4 Å². The first-order valence-corrected chi connectivity index (χ1v) is 13.0. The summed E-state index contributed by atoms with van der Waals surface area (Å²) in [6.07, 6.45) is 10.5. The lowest BCUT2D eigenvalue weighted by Gasteiger charge is -2.31. The molecule has 2 aliphatic rings. The average molecular weight is 451 g/mol. The van der Waals surface area contributed by atoms with Crippen LogP contribution in [-0.2, 0) is 22.6 Å². The molecule has 1 aromatic carbocycles. The summed E-state index contributed by atoms with van der Waals surface area (Å²) in [7, 11) is 0. The van der Waals surface area contributed by atoms with Gasteiger partial charge >= 0.3 is 0 Å². The van der Waals surface area contributed by atoms with Crippen LogP contribution < -0.4 is 0 Å². The van der Waals surface area contributed by atoms with Crippen molar-refractivity contribution in [2.24, 2.45) is 0 Å². The number of benzene rings is 1. The summed E-state index contributed by atoms with van der Waals surface area (Å²) in [6.45, 7) is 4.21. The van der Waals surface area contributed by atoms with E-state index in [1.807, 2.05) is 23.6 Å². The summed E-state index contributed by atoms with van der Waals surface area (Å²) in [5, 5.41) is 1.98. The molecule has 0 bridgehead atoms. The SMILES string of the molecule is CCCCCCCCCCN1C(=O)C(c2cccs2)=C(N2CCc3ccccc3C2)C1=O. The number of carbonyl (C=O) groups is 2. The quantitative estimate of drug-likeness (QED) is 0.310. The smallest absolute Gasteiger partial charge is 0.277 e. The number of nitrogens with zero attached hydrogens (tertiary/aromatic N) is 2. The summed E-state index contributed by atoms with van der Waals surface area (Å²) in [4.78, 5) is 31.4. The molecule has 170 valence electrons. The minimum atomic E-state index is -0.116. The third-order valence-corrected chi connectivity index (χ3v) is 7.48. The first kappa shape index (κ1) is 22.8. The Hall–Kier alpha value is -2.40. The third kappa shape index (κ3) is 4.98. The maximum absolute atomic E-state index is 13.5. The van der Waals surface area contributed by atoms with Crippen LogP contribution in [-0.4, -0.2) is 34.7 Å². The van der Waals surface area contributed by atoms with Gasteiger partial charge < -0.3 is 4.90 Å². The zero-order valence-corrected chi connectivity index (χ0v) is 20.0. The van der Waals surface area contributed by atoms with Crippen molar-refractivity contribution in [1.82, 2.24) is 9.80 Å². The fourth-order valence-electron chi connectivity index (χ4n) is 4.79. The van der Waals surface area contributed by atoms with E-state index >= 15 is 0 Å². The number of rotatable bonds is 11. The molecule has 2 aromatic rings. The minimum absolute atomic E-state index is 0.110. The maximum atomic E-state index is 13.5. The lowest BCUT2D eigenvalue weighted by atomic mass is 9.99. The van der Waals surface area contributed by atoms with E-state index in [-0.39, 0.29) is 11.8 Å². The summed E-state index contributed by atoms with van der Waals surface area (Å²) >= 11 is 1.54. The van der Waals surface area contributed by atoms with Gasteiger partial charge in [0, 0.05) is 24.5 Å². The summed E-state index contributed by atoms with van der Waals surface area (Å²) in [6, 6.07) is 12.3. The van der Waals surface area contributed by atoms with Gasteiger partial charge in [-0.25, -0.2) is 0 Å². The Labute approximate surface area is 195 Å². The number of unbranched alkanes of at least 4 members (excludes halogenated alkanes) is 7. The molecule has 0 radical (unpaired) electrons. The van der Waals surface area contributed by atoms with Crippen LogP contribution in [0.5, 0.6) is 0 Å². The fraction of sp³-hybridized carbons (Fsp3) is 0.481. The molecular weight excluding hydrogens is 416 g/mol. The van der Waals surface area contributed by atoms with E-state index < -0.39 is 0 Å². The third-order valence-electron chi connectivity index (χ3n) is 6.59. The van der Waals surface area contributed by atoms with Gasteiger partial charge in [-0.2, -0.15) is 0 Å². The highest BCUT2D eigenvalue weighted by molar-refractivity contribution is 7.11. The fourth-order valence-corrected chi connectivity index (χ4v) is 5.56. The first-order chi connectivity index (χ1) is 15.7. The first-order valence-electron chi connectivity index (χ1n) is 12.2. The number of fused-ring (bicyclic) bond motifs is 1. The second-order valence-corrected chi connectivity index (χ2v) is 9.83. The van der Waals surface area contributed by atoms with Crippen molar-refractivity contribution in [1.29, 1.82) is 0 Å². The van der Waals surface area contributed by atoms with Crippen molar-refractivity contribution in [3.63, 3.8) is 0 Å². The Bertz CT molecular complexity index is 964. The van der Waals surface area contributed by atoms with Gasteiger partial charge in [0.2, 0.25) is 0 Å². The Morgan fingerprint density at radius 1 is 0.844 bits per heavy atom. The Morgan fingerprint density at radius 3 is 2.28 bits per heavy atom. The van der Waals surface area contributed by atoms with Crippen molar-refractivity contribution < 1.29 is 9.59 Å². The van der Waals surface area contributed by atoms with E-state index in [1.165, 1.54) is 65.9 Å². The van der Waals surface area contributed by atoms with Crippen LogP contribution in [0.3, 0.4) is 0 Å². The van der Waals surface area contributed by atoms with Gasteiger partial charge in [0.05, 0.1) is 5.57 Å². The molecule has 5 heteroatoms. The molecule has 0 spiro atoms. The highest BCUT2D eigenvalue weighted by Crippen LogP contribution is 2.36. The number of imide groups is 1. The second kappa shape index (κ2) is 11.0. The number of hydrogen-bond donors (Lipinski definition) is 0. The zero-order chi connectivity index (χ0) is 22.3. The lowest BCUT2D eigenvalue weighted by Crippen LogP contribution is -2.37. The van der Waals surface area contributed by atoms with Gasteiger partial charge in [-0.15, -0.1) is 11.3 Å². The molecule has 4 rings (SSSR count). The molecule has 4 nitrogen and oxygen atoms in total. The molecule has 0 saturated heterocycles. The molecule has 1 aromatic heterocycles. The summed E-state index contributed by atoms with van der Waals surface area (Å²) in [5.41, 5.74) is 3.80. The van der Waals surface area contributed by atoms with E-state index in [1.54, 1.807) is 0 Å². The Morgan fingerprint density at radius 2 is 1.56 bits per heavy atom. The monoisotopic (exact) mass is 450 g/mol. The van der Waals surface area contributed by atoms with Crippen LogP contribution in [0.15, 0.2) is 47.5 Å². The highest BCUT2D eigenvalue weighted by Gasteiger charge is 2.42. The second-order valence-electron chi connectivity index (χ2n) is 8.88. The van der Waals surface area contributed by atoms with E-state index in [9.17, 15) is 9.59 Å². The van der Waals surface area contributed by atoms with Crippen LogP contribution in [0.4, 0.5) is 0 Å². The molecule has 0 atom stereocenters. The molecule has 0 unspecified atom stereocenters. The molecule has 0 N–H and O–H groups in total. The molecule has 2 amide bonds. The van der Waals surface area contributed by atoms with Crippen LogP contribution in [0.1, 0.15) is 74.3 Å². The van der Waals surface area contributed by atoms with Gasteiger partial charge in [-0.05, 0) is 35.4 Å². The number of thiophene rings is 1. The van der Waals surface area contributed by atoms with Gasteiger partial charge in [0.15, 0.2) is 0 Å². The maximum Gasteiger partial charge on any atom is 0.277 e. The Balaban J connectivity index is 1.44. The average Bonchev–Trinajstić information content (AvgIpc) is 3.42. The lowest BCUT2D eigenvalue weighted by molar-refractivity contribution is -0.137. The van der Waals surface area contributed by atoms with Crippen LogP contribution in [0.2, 0.25) is 0 Å². The van der Waals surface area contributed by atoms with Gasteiger partial charge in [0.1, 0.15) is 5.70 Å². The highest BCUT2D eigenvalue weighted by atomic mass is 32.1. The van der Waals surface area contributed by atoms with E-state index in [4.69, 9.17) is 0 Å². The van der Waals surface area contributed by atoms with Gasteiger partial charge in [-0.3, -0.25) is 14.5 Å². The van der Waals surface area contributed by atoms with Crippen molar-refractivity contribution in [3.05, 3.63) is 63.5 Å². The summed E-state index contributed by atoms with van der Waals surface area (Å²) < 4.78 is 0. The molecule has 0 fully saturated rings. The topological polar surface area (TPSA) is 40.6 Å². The van der Waals surface area contributed by atoms with Crippen molar-refractivity contribution in [2.75, 3.05) is 13.1 Å². The van der Waals surface area contributed by atoms with Crippen LogP contribution >= 0.6 is 11.3 Å². The van der Waals surface area contributed by atoms with Crippen LogP contribution in [0.25, 0.3) is 5.57 Å². The predicted molar refractivity (Wildman–Crippen MR) is 131 cm³/mol. The van der Waals surface area contributed by atoms with Crippen molar-refractivity contribution in [2.45, 2.75) is 71.3 Å². The van der Waals surface area contributed by atoms with Crippen molar-refractivity contribution >= 4 is 28.7 Å². The largest absolute Gasteiger partial charge is 0.362 e. The normalized spacial score (nSPS) is 16.3. The number of hydrogen-bond acceptors (Lipinski definition) is 4. The molecular formula is C27H34N2O2S. The van der Waals surface area contributed by atoms with E-state index in [0.717, 1.165) is 30.7 Å². The Kier molecular flexibility index (Phi) is 7.80. The van der Waals surface area contributed by atoms with Gasteiger partial charge in [0.25, 0.3) is 11.8 Å². The number of carbonyl (C=O) groups excluding carboxylic acids is 2.